The first-order chi connectivity index (χ1) is 11.9. The van der Waals surface area contributed by atoms with Crippen LogP contribution in [0.3, 0.4) is 0 Å². The Labute approximate surface area is 157 Å². The predicted molar refractivity (Wildman–Crippen MR) is 106 cm³/mol. The number of hydrogen-bond acceptors (Lipinski definition) is 1. The van der Waals surface area contributed by atoms with Gasteiger partial charge in [0.2, 0.25) is 0 Å². The molecule has 0 radical (unpaired) electrons. The van der Waals surface area contributed by atoms with E-state index >= 15 is 0 Å². The van der Waals surface area contributed by atoms with Gasteiger partial charge in [0.15, 0.2) is 6.35 Å². The summed E-state index contributed by atoms with van der Waals surface area (Å²) in [5.41, 5.74) is 0. The van der Waals surface area contributed by atoms with E-state index in [9.17, 15) is 0 Å². The van der Waals surface area contributed by atoms with Crippen LogP contribution in [0, 0.1) is 0 Å². The molecule has 0 fully saturated rings. The molecule has 0 bridgehead atoms. The highest BCUT2D eigenvalue weighted by atomic mass is 35.5. The highest BCUT2D eigenvalue weighted by molar-refractivity contribution is 7.95. The summed E-state index contributed by atoms with van der Waals surface area (Å²) in [5, 5.41) is 4.02. The third kappa shape index (κ3) is 4.19. The van der Waals surface area contributed by atoms with E-state index in [4.69, 9.17) is 4.74 Å². The van der Waals surface area contributed by atoms with Crippen LogP contribution in [0.2, 0.25) is 0 Å². The molecular formula is C22H22ClOP. The maximum absolute atomic E-state index is 6.04. The number of ether oxygens (including phenoxy) is 1. The van der Waals surface area contributed by atoms with Crippen LogP contribution in [0.25, 0.3) is 0 Å². The Morgan fingerprint density at radius 1 is 0.680 bits per heavy atom. The third-order valence-electron chi connectivity index (χ3n) is 4.11. The minimum absolute atomic E-state index is 0. The van der Waals surface area contributed by atoms with Crippen molar-refractivity contribution >= 4 is 23.2 Å². The Morgan fingerprint density at radius 3 is 1.36 bits per heavy atom. The number of rotatable bonds is 7. The third-order valence-corrected chi connectivity index (χ3v) is 8.22. The summed E-state index contributed by atoms with van der Waals surface area (Å²) in [6.07, 6.45) is 2.49. The van der Waals surface area contributed by atoms with Crippen molar-refractivity contribution in [2.24, 2.45) is 0 Å². The monoisotopic (exact) mass is 368 g/mol. The van der Waals surface area contributed by atoms with Gasteiger partial charge in [-0.1, -0.05) is 60.7 Å². The van der Waals surface area contributed by atoms with Crippen molar-refractivity contribution in [1.29, 1.82) is 0 Å². The van der Waals surface area contributed by atoms with Crippen molar-refractivity contribution < 1.29 is 17.1 Å². The average molecular weight is 369 g/mol. The van der Waals surface area contributed by atoms with Crippen LogP contribution >= 0.6 is 7.26 Å². The van der Waals surface area contributed by atoms with Gasteiger partial charge in [0.25, 0.3) is 0 Å². The van der Waals surface area contributed by atoms with E-state index < -0.39 is 7.26 Å². The maximum atomic E-state index is 6.04. The van der Waals surface area contributed by atoms with Gasteiger partial charge in [-0.25, -0.2) is 0 Å². The molecule has 0 N–H and O–H groups in total. The smallest absolute Gasteiger partial charge is 0.171 e. The van der Waals surface area contributed by atoms with Crippen molar-refractivity contribution in [2.45, 2.75) is 0 Å². The summed E-state index contributed by atoms with van der Waals surface area (Å²) < 4.78 is 6.04. The van der Waals surface area contributed by atoms with Gasteiger partial charge in [-0.15, -0.1) is 6.58 Å². The molecule has 0 aliphatic rings. The lowest BCUT2D eigenvalue weighted by atomic mass is 10.4. The lowest BCUT2D eigenvalue weighted by Gasteiger charge is -2.27. The molecule has 3 rings (SSSR count). The van der Waals surface area contributed by atoms with Crippen molar-refractivity contribution in [2.75, 3.05) is 13.0 Å². The van der Waals surface area contributed by atoms with E-state index in [1.807, 2.05) is 6.08 Å². The number of hydrogen-bond donors (Lipinski definition) is 0. The second-order valence-corrected chi connectivity index (χ2v) is 9.03. The largest absolute Gasteiger partial charge is 1.00 e. The molecule has 25 heavy (non-hydrogen) atoms. The Morgan fingerprint density at radius 2 is 1.04 bits per heavy atom. The van der Waals surface area contributed by atoms with Crippen LogP contribution in [0.15, 0.2) is 104 Å². The fourth-order valence-corrected chi connectivity index (χ4v) is 6.76. The topological polar surface area (TPSA) is 9.23 Å². The highest BCUT2D eigenvalue weighted by Gasteiger charge is 2.45. The van der Waals surface area contributed by atoms with E-state index in [-0.39, 0.29) is 12.4 Å². The zero-order valence-corrected chi connectivity index (χ0v) is 15.7. The van der Waals surface area contributed by atoms with Crippen LogP contribution in [0.4, 0.5) is 0 Å². The molecule has 0 aliphatic heterocycles. The molecule has 0 aliphatic carbocycles. The molecule has 0 heterocycles. The number of halogens is 1. The minimum Gasteiger partial charge on any atom is -1.00 e. The average Bonchev–Trinajstić information content (AvgIpc) is 2.68. The molecular weight excluding hydrogens is 347 g/mol. The van der Waals surface area contributed by atoms with Gasteiger partial charge in [0.05, 0.1) is 6.61 Å². The van der Waals surface area contributed by atoms with Gasteiger partial charge in [0, 0.05) is 0 Å². The quantitative estimate of drug-likeness (QED) is 0.345. The summed E-state index contributed by atoms with van der Waals surface area (Å²) >= 11 is 0. The normalized spacial score (nSPS) is 10.7. The molecule has 3 aromatic carbocycles. The molecule has 0 spiro atoms. The zero-order chi connectivity index (χ0) is 16.7. The van der Waals surface area contributed by atoms with Gasteiger partial charge in [0.1, 0.15) is 23.2 Å². The van der Waals surface area contributed by atoms with Crippen molar-refractivity contribution in [3.63, 3.8) is 0 Å². The van der Waals surface area contributed by atoms with Crippen LogP contribution in [-0.4, -0.2) is 13.0 Å². The van der Waals surface area contributed by atoms with E-state index in [2.05, 4.69) is 97.6 Å². The summed E-state index contributed by atoms with van der Waals surface area (Å²) in [5.74, 6) is 0. The molecule has 0 saturated carbocycles. The molecule has 0 saturated heterocycles. The van der Waals surface area contributed by atoms with E-state index in [1.54, 1.807) is 0 Å². The van der Waals surface area contributed by atoms with Crippen molar-refractivity contribution in [3.8, 4) is 0 Å². The van der Waals surface area contributed by atoms with Crippen molar-refractivity contribution in [1.82, 2.24) is 0 Å². The molecule has 1 nitrogen and oxygen atoms in total. The van der Waals surface area contributed by atoms with E-state index in [1.165, 1.54) is 15.9 Å². The second-order valence-electron chi connectivity index (χ2n) is 5.60. The first-order valence-corrected chi connectivity index (χ1v) is 10.1. The first kappa shape index (κ1) is 19.4. The highest BCUT2D eigenvalue weighted by Crippen LogP contribution is 2.55. The van der Waals surface area contributed by atoms with Gasteiger partial charge < -0.3 is 17.1 Å². The van der Waals surface area contributed by atoms with E-state index in [0.29, 0.717) is 13.0 Å². The van der Waals surface area contributed by atoms with Crippen LogP contribution in [0.5, 0.6) is 0 Å². The summed E-state index contributed by atoms with van der Waals surface area (Å²) in [4.78, 5) is 0. The van der Waals surface area contributed by atoms with Gasteiger partial charge >= 0.3 is 0 Å². The Hall–Kier alpha value is -1.92. The lowest BCUT2D eigenvalue weighted by Crippen LogP contribution is -3.00. The van der Waals surface area contributed by atoms with Gasteiger partial charge in [-0.05, 0) is 36.4 Å². The Bertz CT molecular complexity index is 663. The summed E-state index contributed by atoms with van der Waals surface area (Å²) in [6.45, 7) is 4.35. The molecule has 0 amide bonds. The fourth-order valence-electron chi connectivity index (χ4n) is 2.99. The molecule has 0 atom stereocenters. The molecule has 3 aromatic rings. The Kier molecular flexibility index (Phi) is 7.40. The SMILES string of the molecule is C=CCOC[P+](c1ccccc1)(c1ccccc1)c1ccccc1.[Cl-]. The second kappa shape index (κ2) is 9.53. The molecule has 128 valence electrons. The Balaban J connectivity index is 0.00000225. The molecule has 0 unspecified atom stereocenters. The molecule has 0 aromatic heterocycles. The minimum atomic E-state index is -1.85. The zero-order valence-electron chi connectivity index (χ0n) is 14.1. The predicted octanol–water partition coefficient (Wildman–Crippen LogP) is 1.14. The van der Waals surface area contributed by atoms with Gasteiger partial charge in [-0.3, -0.25) is 0 Å². The number of benzene rings is 3. The lowest BCUT2D eigenvalue weighted by molar-refractivity contribution is -0.00000499. The van der Waals surface area contributed by atoms with E-state index in [0.717, 1.165) is 0 Å². The van der Waals surface area contributed by atoms with Crippen LogP contribution in [0.1, 0.15) is 0 Å². The molecule has 3 heteroatoms. The van der Waals surface area contributed by atoms with Gasteiger partial charge in [-0.2, -0.15) is 0 Å². The fraction of sp³-hybridized carbons (Fsp3) is 0.0909. The summed E-state index contributed by atoms with van der Waals surface area (Å²) in [7, 11) is -1.85. The van der Waals surface area contributed by atoms with Crippen molar-refractivity contribution in [3.05, 3.63) is 104 Å². The van der Waals surface area contributed by atoms with Crippen LogP contribution < -0.4 is 28.3 Å². The maximum Gasteiger partial charge on any atom is 0.171 e. The summed E-state index contributed by atoms with van der Waals surface area (Å²) in [6, 6.07) is 32.3. The standard InChI is InChI=1S/C22H22OP.ClH/c1-2-18-23-19-24(20-12-6-3-7-13-20,21-14-8-4-9-15-21)22-16-10-5-11-17-22;/h2-17H,1,18-19H2;1H/q+1;/p-1. The van der Waals surface area contributed by atoms with Crippen LogP contribution in [-0.2, 0) is 4.74 Å². The first-order valence-electron chi connectivity index (χ1n) is 8.11.